The Morgan fingerprint density at radius 2 is 2.13 bits per heavy atom. The molecule has 1 aromatic carbocycles. The number of amides is 1. The van der Waals surface area contributed by atoms with Gasteiger partial charge in [0, 0.05) is 17.6 Å². The lowest BCUT2D eigenvalue weighted by Gasteiger charge is -2.27. The average Bonchev–Trinajstić information content (AvgIpc) is 2.79. The highest BCUT2D eigenvalue weighted by Crippen LogP contribution is 2.37. The van der Waals surface area contributed by atoms with Crippen LogP contribution in [0.3, 0.4) is 0 Å². The quantitative estimate of drug-likeness (QED) is 0.893. The number of H-pyrrole nitrogens is 1. The van der Waals surface area contributed by atoms with Crippen molar-refractivity contribution in [3.8, 4) is 0 Å². The van der Waals surface area contributed by atoms with E-state index in [0.717, 1.165) is 19.3 Å². The highest BCUT2D eigenvalue weighted by Gasteiger charge is 2.35. The van der Waals surface area contributed by atoms with Crippen molar-refractivity contribution in [1.82, 2.24) is 10.3 Å². The summed E-state index contributed by atoms with van der Waals surface area (Å²) in [4.78, 5) is 28.0. The van der Waals surface area contributed by atoms with E-state index in [1.165, 1.54) is 18.3 Å². The van der Waals surface area contributed by atoms with Crippen molar-refractivity contribution in [2.24, 2.45) is 5.41 Å². The second kappa shape index (κ2) is 5.48. The zero-order valence-electron chi connectivity index (χ0n) is 13.6. The predicted octanol–water partition coefficient (Wildman–Crippen LogP) is 3.28. The normalized spacial score (nSPS) is 19.9. The largest absolute Gasteiger partial charge is 0.360 e. The summed E-state index contributed by atoms with van der Waals surface area (Å²) in [5.41, 5.74) is 0.831. The average molecular weight is 316 g/mol. The Morgan fingerprint density at radius 3 is 2.78 bits per heavy atom. The van der Waals surface area contributed by atoms with Gasteiger partial charge in [0.05, 0.1) is 5.52 Å². The number of carbonyl (C=O) groups excluding carboxylic acids is 1. The molecule has 0 spiro atoms. The van der Waals surface area contributed by atoms with Crippen LogP contribution in [0.4, 0.5) is 4.39 Å². The summed E-state index contributed by atoms with van der Waals surface area (Å²) in [5.74, 6) is -0.870. The Hall–Kier alpha value is -2.17. The van der Waals surface area contributed by atoms with Crippen LogP contribution in [-0.4, -0.2) is 16.9 Å². The van der Waals surface area contributed by atoms with Gasteiger partial charge < -0.3 is 10.3 Å². The van der Waals surface area contributed by atoms with Crippen LogP contribution in [0.2, 0.25) is 0 Å². The Labute approximate surface area is 134 Å². The monoisotopic (exact) mass is 316 g/mol. The number of benzene rings is 1. The molecule has 1 aliphatic carbocycles. The van der Waals surface area contributed by atoms with Crippen LogP contribution >= 0.6 is 0 Å². The Bertz CT molecular complexity index is 839. The molecule has 1 atom stereocenters. The van der Waals surface area contributed by atoms with Gasteiger partial charge in [-0.05, 0) is 42.9 Å². The molecule has 5 heteroatoms. The Morgan fingerprint density at radius 1 is 1.39 bits per heavy atom. The molecule has 1 aliphatic rings. The summed E-state index contributed by atoms with van der Waals surface area (Å²) >= 11 is 0. The maximum atomic E-state index is 13.6. The number of hydrogen-bond donors (Lipinski definition) is 2. The zero-order valence-corrected chi connectivity index (χ0v) is 13.6. The van der Waals surface area contributed by atoms with Crippen molar-refractivity contribution in [3.63, 3.8) is 0 Å². The van der Waals surface area contributed by atoms with E-state index < -0.39 is 17.2 Å². The third-order valence-electron chi connectivity index (χ3n) is 4.96. The minimum Gasteiger partial charge on any atom is -0.360 e. The van der Waals surface area contributed by atoms with Crippen molar-refractivity contribution in [2.75, 3.05) is 0 Å². The summed E-state index contributed by atoms with van der Waals surface area (Å²) < 4.78 is 13.6. The lowest BCUT2D eigenvalue weighted by atomic mass is 9.87. The predicted molar refractivity (Wildman–Crippen MR) is 88.1 cm³/mol. The van der Waals surface area contributed by atoms with E-state index in [0.29, 0.717) is 11.1 Å². The van der Waals surface area contributed by atoms with Crippen molar-refractivity contribution in [1.29, 1.82) is 0 Å². The molecule has 4 nitrogen and oxygen atoms in total. The maximum Gasteiger partial charge on any atom is 0.257 e. The van der Waals surface area contributed by atoms with Gasteiger partial charge in [0.1, 0.15) is 11.4 Å². The molecule has 1 heterocycles. The molecule has 1 fully saturated rings. The van der Waals surface area contributed by atoms with Crippen molar-refractivity contribution in [2.45, 2.75) is 46.1 Å². The molecule has 1 unspecified atom stereocenters. The standard InChI is InChI=1S/C18H21FN2O2/c1-10-7-11(19)8-12-15(10)20-9-13(16(12)22)17(23)21-14-5-4-6-18(14,2)3/h7-9,14H,4-6H2,1-3H3,(H,20,22)(H,21,23). The summed E-state index contributed by atoms with van der Waals surface area (Å²) in [6.45, 7) is 5.96. The highest BCUT2D eigenvalue weighted by atomic mass is 19.1. The molecule has 2 aromatic rings. The number of aryl methyl sites for hydroxylation is 1. The number of halogens is 1. The van der Waals surface area contributed by atoms with E-state index in [1.54, 1.807) is 6.92 Å². The zero-order chi connectivity index (χ0) is 16.8. The van der Waals surface area contributed by atoms with Crippen molar-refractivity contribution < 1.29 is 9.18 Å². The lowest BCUT2D eigenvalue weighted by Crippen LogP contribution is -2.42. The molecule has 1 saturated carbocycles. The van der Waals surface area contributed by atoms with Crippen LogP contribution in [0.15, 0.2) is 23.1 Å². The topological polar surface area (TPSA) is 62.0 Å². The number of aromatic nitrogens is 1. The molecule has 3 rings (SSSR count). The van der Waals surface area contributed by atoms with E-state index in [4.69, 9.17) is 0 Å². The molecule has 0 bridgehead atoms. The molecule has 1 aromatic heterocycles. The number of rotatable bonds is 2. The molecule has 2 N–H and O–H groups in total. The van der Waals surface area contributed by atoms with E-state index >= 15 is 0 Å². The first-order valence-corrected chi connectivity index (χ1v) is 7.92. The summed E-state index contributed by atoms with van der Waals surface area (Å²) in [5, 5.41) is 3.18. The molecule has 122 valence electrons. The molecule has 0 radical (unpaired) electrons. The van der Waals surface area contributed by atoms with Gasteiger partial charge in [-0.15, -0.1) is 0 Å². The third kappa shape index (κ3) is 2.76. The fourth-order valence-electron chi connectivity index (χ4n) is 3.47. The van der Waals surface area contributed by atoms with E-state index in [2.05, 4.69) is 24.1 Å². The second-order valence-corrected chi connectivity index (χ2v) is 7.08. The first-order valence-electron chi connectivity index (χ1n) is 7.92. The molecular weight excluding hydrogens is 295 g/mol. The number of aromatic amines is 1. The first kappa shape index (κ1) is 15.7. The summed E-state index contributed by atoms with van der Waals surface area (Å²) in [6, 6.07) is 2.59. The Balaban J connectivity index is 1.99. The summed E-state index contributed by atoms with van der Waals surface area (Å²) in [6.07, 6.45) is 4.46. The number of fused-ring (bicyclic) bond motifs is 1. The fraction of sp³-hybridized carbons (Fsp3) is 0.444. The van der Waals surface area contributed by atoms with Gasteiger partial charge in [-0.1, -0.05) is 20.3 Å². The number of hydrogen-bond acceptors (Lipinski definition) is 2. The van der Waals surface area contributed by atoms with Gasteiger partial charge >= 0.3 is 0 Å². The van der Waals surface area contributed by atoms with Gasteiger partial charge in [0.25, 0.3) is 5.91 Å². The van der Waals surface area contributed by atoms with Crippen LogP contribution in [0.1, 0.15) is 49.0 Å². The van der Waals surface area contributed by atoms with E-state index in [1.807, 2.05) is 0 Å². The lowest BCUT2D eigenvalue weighted by molar-refractivity contribution is 0.0909. The molecule has 1 amide bonds. The van der Waals surface area contributed by atoms with Gasteiger partial charge in [-0.25, -0.2) is 4.39 Å². The van der Waals surface area contributed by atoms with Gasteiger partial charge in [-0.2, -0.15) is 0 Å². The Kier molecular flexibility index (Phi) is 3.74. The van der Waals surface area contributed by atoms with Crippen molar-refractivity contribution in [3.05, 3.63) is 45.5 Å². The van der Waals surface area contributed by atoms with E-state index in [-0.39, 0.29) is 22.4 Å². The number of pyridine rings is 1. The SMILES string of the molecule is Cc1cc(F)cc2c(=O)c(C(=O)NC3CCCC3(C)C)c[nH]c12. The van der Waals surface area contributed by atoms with Crippen molar-refractivity contribution >= 4 is 16.8 Å². The third-order valence-corrected chi connectivity index (χ3v) is 4.96. The number of carbonyl (C=O) groups is 1. The molecule has 0 aliphatic heterocycles. The first-order chi connectivity index (χ1) is 10.8. The highest BCUT2D eigenvalue weighted by molar-refractivity contribution is 5.97. The number of nitrogens with one attached hydrogen (secondary N) is 2. The summed E-state index contributed by atoms with van der Waals surface area (Å²) in [7, 11) is 0. The second-order valence-electron chi connectivity index (χ2n) is 7.08. The van der Waals surface area contributed by atoms with Gasteiger partial charge in [-0.3, -0.25) is 9.59 Å². The van der Waals surface area contributed by atoms with Crippen LogP contribution < -0.4 is 10.7 Å². The fourth-order valence-corrected chi connectivity index (χ4v) is 3.47. The van der Waals surface area contributed by atoms with Gasteiger partial charge in [0.15, 0.2) is 0 Å². The van der Waals surface area contributed by atoms with Crippen LogP contribution in [0, 0.1) is 18.2 Å². The molecular formula is C18H21FN2O2. The van der Waals surface area contributed by atoms with Crippen LogP contribution in [0.25, 0.3) is 10.9 Å². The smallest absolute Gasteiger partial charge is 0.257 e. The van der Waals surface area contributed by atoms with Crippen LogP contribution in [-0.2, 0) is 0 Å². The molecule has 0 saturated heterocycles. The van der Waals surface area contributed by atoms with Crippen LogP contribution in [0.5, 0.6) is 0 Å². The minimum atomic E-state index is -0.477. The maximum absolute atomic E-state index is 13.6. The minimum absolute atomic E-state index is 0.0297. The van der Waals surface area contributed by atoms with Gasteiger partial charge in [0.2, 0.25) is 5.43 Å². The van der Waals surface area contributed by atoms with E-state index in [9.17, 15) is 14.0 Å². The molecule has 23 heavy (non-hydrogen) atoms.